The molecule has 2 aromatic carbocycles. The fourth-order valence-electron chi connectivity index (χ4n) is 2.63. The summed E-state index contributed by atoms with van der Waals surface area (Å²) in [5, 5.41) is 12.6. The van der Waals surface area contributed by atoms with Gasteiger partial charge in [-0.05, 0) is 37.1 Å². The molecule has 2 N–H and O–H groups in total. The molecule has 0 radical (unpaired) electrons. The predicted octanol–water partition coefficient (Wildman–Crippen LogP) is 3.74. The Hall–Kier alpha value is -1.91. The maximum Gasteiger partial charge on any atom is 0.131 e. The minimum atomic E-state index is -0.282. The minimum Gasteiger partial charge on any atom is -0.496 e. The molecule has 0 saturated heterocycles. The van der Waals surface area contributed by atoms with Gasteiger partial charge in [-0.25, -0.2) is 4.39 Å². The first-order valence-electron chi connectivity index (χ1n) is 7.35. The van der Waals surface area contributed by atoms with Crippen LogP contribution in [0.2, 0.25) is 0 Å². The Bertz CT molecular complexity index is 630. The highest BCUT2D eigenvalue weighted by molar-refractivity contribution is 5.37. The summed E-state index contributed by atoms with van der Waals surface area (Å²) in [5.74, 6) is 0.256. The number of ether oxygens (including phenoxy) is 1. The lowest BCUT2D eigenvalue weighted by Gasteiger charge is -2.23. The lowest BCUT2D eigenvalue weighted by Crippen LogP contribution is -2.23. The van der Waals surface area contributed by atoms with Crippen LogP contribution in [0.15, 0.2) is 42.5 Å². The zero-order valence-electron chi connectivity index (χ0n) is 13.1. The van der Waals surface area contributed by atoms with Crippen LogP contribution in [-0.4, -0.2) is 12.2 Å². The summed E-state index contributed by atoms with van der Waals surface area (Å²) in [6, 6.07) is 12.4. The van der Waals surface area contributed by atoms with Crippen molar-refractivity contribution in [2.75, 3.05) is 7.11 Å². The van der Waals surface area contributed by atoms with Gasteiger partial charge in [0.25, 0.3) is 0 Å². The van der Waals surface area contributed by atoms with Crippen molar-refractivity contribution in [1.82, 2.24) is 5.32 Å². The van der Waals surface area contributed by atoms with E-state index in [1.807, 2.05) is 38.1 Å². The molecule has 2 rings (SSSR count). The first-order chi connectivity index (χ1) is 10.6. The average Bonchev–Trinajstić information content (AvgIpc) is 2.54. The van der Waals surface area contributed by atoms with Gasteiger partial charge in [0.1, 0.15) is 11.6 Å². The van der Waals surface area contributed by atoms with Crippen molar-refractivity contribution in [3.05, 3.63) is 65.0 Å². The summed E-state index contributed by atoms with van der Waals surface area (Å²) in [6.45, 7) is 3.94. The van der Waals surface area contributed by atoms with Gasteiger partial charge in [-0.15, -0.1) is 0 Å². The van der Waals surface area contributed by atoms with Gasteiger partial charge < -0.3 is 15.2 Å². The molecular weight excluding hydrogens is 281 g/mol. The fraction of sp³-hybridized carbons (Fsp3) is 0.333. The highest BCUT2D eigenvalue weighted by atomic mass is 19.1. The molecule has 2 unspecified atom stereocenters. The third-order valence-corrected chi connectivity index (χ3v) is 3.80. The smallest absolute Gasteiger partial charge is 0.131 e. The van der Waals surface area contributed by atoms with Crippen molar-refractivity contribution in [2.45, 2.75) is 32.5 Å². The molecule has 0 saturated carbocycles. The average molecular weight is 303 g/mol. The summed E-state index contributed by atoms with van der Waals surface area (Å²) in [4.78, 5) is 0. The maximum absolute atomic E-state index is 14.1. The molecule has 0 aliphatic rings. The Kier molecular flexibility index (Phi) is 5.52. The zero-order chi connectivity index (χ0) is 16.1. The van der Waals surface area contributed by atoms with Gasteiger partial charge in [-0.2, -0.15) is 0 Å². The van der Waals surface area contributed by atoms with Gasteiger partial charge in [-0.3, -0.25) is 0 Å². The molecule has 0 heterocycles. The van der Waals surface area contributed by atoms with Crippen LogP contribution in [-0.2, 0) is 6.61 Å². The summed E-state index contributed by atoms with van der Waals surface area (Å²) in [5.41, 5.74) is 2.44. The van der Waals surface area contributed by atoms with Crippen LogP contribution in [0.4, 0.5) is 4.39 Å². The third kappa shape index (κ3) is 3.64. The minimum absolute atomic E-state index is 0.0112. The Morgan fingerprint density at radius 3 is 2.55 bits per heavy atom. The number of hydrogen-bond donors (Lipinski definition) is 2. The van der Waals surface area contributed by atoms with Gasteiger partial charge in [0.2, 0.25) is 0 Å². The van der Waals surface area contributed by atoms with Crippen LogP contribution >= 0.6 is 0 Å². The number of rotatable bonds is 6. The Morgan fingerprint density at radius 1 is 1.14 bits per heavy atom. The second kappa shape index (κ2) is 7.38. The topological polar surface area (TPSA) is 41.5 Å². The second-order valence-electron chi connectivity index (χ2n) is 5.37. The molecule has 0 aliphatic carbocycles. The van der Waals surface area contributed by atoms with Crippen LogP contribution in [0.5, 0.6) is 5.75 Å². The number of halogens is 1. The van der Waals surface area contributed by atoms with Gasteiger partial charge in [0, 0.05) is 17.6 Å². The molecule has 0 amide bonds. The van der Waals surface area contributed by atoms with Crippen molar-refractivity contribution in [1.29, 1.82) is 0 Å². The number of methoxy groups -OCH3 is 1. The normalized spacial score (nSPS) is 13.7. The van der Waals surface area contributed by atoms with Gasteiger partial charge >= 0.3 is 0 Å². The first kappa shape index (κ1) is 16.5. The summed E-state index contributed by atoms with van der Waals surface area (Å²) in [7, 11) is 1.54. The largest absolute Gasteiger partial charge is 0.496 e. The lowest BCUT2D eigenvalue weighted by molar-refractivity contribution is 0.281. The standard InChI is InChI=1S/C18H22FNO2/c1-12(15-7-4-6-14(10-15)11-21)20-13(2)18-16(19)8-5-9-17(18)22-3/h4-10,12-13,20-21H,11H2,1-3H3. The molecule has 0 bridgehead atoms. The van der Waals surface area contributed by atoms with E-state index >= 15 is 0 Å². The van der Waals surface area contributed by atoms with E-state index in [1.165, 1.54) is 6.07 Å². The van der Waals surface area contributed by atoms with Crippen molar-refractivity contribution >= 4 is 0 Å². The van der Waals surface area contributed by atoms with Crippen LogP contribution in [0, 0.1) is 5.82 Å². The van der Waals surface area contributed by atoms with Gasteiger partial charge in [0.05, 0.1) is 13.7 Å². The summed E-state index contributed by atoms with van der Waals surface area (Å²) in [6.07, 6.45) is 0. The van der Waals surface area contributed by atoms with Gasteiger partial charge in [0.15, 0.2) is 0 Å². The van der Waals surface area contributed by atoms with E-state index in [0.29, 0.717) is 11.3 Å². The van der Waals surface area contributed by atoms with E-state index in [0.717, 1.165) is 11.1 Å². The van der Waals surface area contributed by atoms with Crippen molar-refractivity contribution in [3.63, 3.8) is 0 Å². The summed E-state index contributed by atoms with van der Waals surface area (Å²) < 4.78 is 19.4. The molecule has 0 spiro atoms. The van der Waals surface area contributed by atoms with Crippen molar-refractivity contribution in [3.8, 4) is 5.75 Å². The SMILES string of the molecule is COc1cccc(F)c1C(C)NC(C)c1cccc(CO)c1. The van der Waals surface area contributed by atoms with E-state index in [9.17, 15) is 9.50 Å². The molecule has 0 aromatic heterocycles. The van der Waals surface area contributed by atoms with Crippen LogP contribution in [0.1, 0.15) is 42.6 Å². The van der Waals surface area contributed by atoms with Crippen LogP contribution in [0.25, 0.3) is 0 Å². The van der Waals surface area contributed by atoms with E-state index in [2.05, 4.69) is 5.32 Å². The second-order valence-corrected chi connectivity index (χ2v) is 5.37. The van der Waals surface area contributed by atoms with Crippen molar-refractivity contribution in [2.24, 2.45) is 0 Å². The lowest BCUT2D eigenvalue weighted by atomic mass is 10.0. The number of benzene rings is 2. The zero-order valence-corrected chi connectivity index (χ0v) is 13.1. The Balaban J connectivity index is 2.19. The third-order valence-electron chi connectivity index (χ3n) is 3.80. The molecule has 2 aromatic rings. The number of nitrogens with one attached hydrogen (secondary N) is 1. The van der Waals surface area contributed by atoms with E-state index in [-0.39, 0.29) is 24.5 Å². The number of aliphatic hydroxyl groups excluding tert-OH is 1. The van der Waals surface area contributed by atoms with Gasteiger partial charge in [-0.1, -0.05) is 30.3 Å². The molecule has 2 atom stereocenters. The molecule has 22 heavy (non-hydrogen) atoms. The first-order valence-corrected chi connectivity index (χ1v) is 7.35. The Labute approximate surface area is 130 Å². The molecule has 4 heteroatoms. The highest BCUT2D eigenvalue weighted by Gasteiger charge is 2.18. The van der Waals surface area contributed by atoms with E-state index in [1.54, 1.807) is 19.2 Å². The fourth-order valence-corrected chi connectivity index (χ4v) is 2.63. The molecular formula is C18H22FNO2. The number of aliphatic hydroxyl groups is 1. The van der Waals surface area contributed by atoms with Crippen molar-refractivity contribution < 1.29 is 14.2 Å². The summed E-state index contributed by atoms with van der Waals surface area (Å²) >= 11 is 0. The van der Waals surface area contributed by atoms with E-state index < -0.39 is 0 Å². The number of hydrogen-bond acceptors (Lipinski definition) is 3. The predicted molar refractivity (Wildman–Crippen MR) is 85.3 cm³/mol. The Morgan fingerprint density at radius 2 is 1.86 bits per heavy atom. The molecule has 0 aliphatic heterocycles. The molecule has 3 nitrogen and oxygen atoms in total. The van der Waals surface area contributed by atoms with Crippen LogP contribution < -0.4 is 10.1 Å². The monoisotopic (exact) mass is 303 g/mol. The van der Waals surface area contributed by atoms with Crippen LogP contribution in [0.3, 0.4) is 0 Å². The maximum atomic E-state index is 14.1. The highest BCUT2D eigenvalue weighted by Crippen LogP contribution is 2.29. The quantitative estimate of drug-likeness (QED) is 0.854. The van der Waals surface area contributed by atoms with E-state index in [4.69, 9.17) is 4.74 Å². The molecule has 118 valence electrons. The molecule has 0 fully saturated rings.